The molecular formula is C19H23N3O3S. The Kier molecular flexibility index (Phi) is 5.29. The summed E-state index contributed by atoms with van der Waals surface area (Å²) in [5, 5.41) is 3.21. The van der Waals surface area contributed by atoms with Crippen molar-refractivity contribution < 1.29 is 13.2 Å². The van der Waals surface area contributed by atoms with Gasteiger partial charge in [0.05, 0.1) is 4.90 Å². The standard InChI is InChI=1S/C19H23N3O3S/c1-14-3-8-18(13-15(14)2)26(24,25)21-17-6-4-16(5-7-17)19(23)22-11-9-20-10-12-22/h3-8,13,20-21H,9-12H2,1-2H3. The average molecular weight is 373 g/mol. The molecule has 0 aliphatic carbocycles. The molecule has 1 heterocycles. The minimum absolute atomic E-state index is 0.0323. The lowest BCUT2D eigenvalue weighted by atomic mass is 10.1. The second-order valence-electron chi connectivity index (χ2n) is 6.47. The Morgan fingerprint density at radius 3 is 2.27 bits per heavy atom. The maximum Gasteiger partial charge on any atom is 0.261 e. The molecule has 7 heteroatoms. The van der Waals surface area contributed by atoms with Crippen molar-refractivity contribution in [1.29, 1.82) is 0 Å². The number of carbonyl (C=O) groups excluding carboxylic acids is 1. The third-order valence-electron chi connectivity index (χ3n) is 4.58. The Balaban J connectivity index is 1.74. The first-order chi connectivity index (χ1) is 12.4. The number of nitrogens with one attached hydrogen (secondary N) is 2. The van der Waals surface area contributed by atoms with Gasteiger partial charge in [0, 0.05) is 37.4 Å². The number of piperazine rings is 1. The van der Waals surface area contributed by atoms with Crippen LogP contribution in [-0.4, -0.2) is 45.4 Å². The topological polar surface area (TPSA) is 78.5 Å². The molecule has 0 atom stereocenters. The minimum Gasteiger partial charge on any atom is -0.336 e. The average Bonchev–Trinajstić information content (AvgIpc) is 2.64. The van der Waals surface area contributed by atoms with E-state index in [9.17, 15) is 13.2 Å². The minimum atomic E-state index is -3.66. The first-order valence-electron chi connectivity index (χ1n) is 8.57. The van der Waals surface area contributed by atoms with Crippen LogP contribution in [-0.2, 0) is 10.0 Å². The van der Waals surface area contributed by atoms with Gasteiger partial charge >= 0.3 is 0 Å². The Hall–Kier alpha value is -2.38. The smallest absolute Gasteiger partial charge is 0.261 e. The molecule has 1 amide bonds. The van der Waals surface area contributed by atoms with Crippen LogP contribution in [0.25, 0.3) is 0 Å². The van der Waals surface area contributed by atoms with E-state index in [4.69, 9.17) is 0 Å². The lowest BCUT2D eigenvalue weighted by Crippen LogP contribution is -2.46. The number of rotatable bonds is 4. The van der Waals surface area contributed by atoms with Gasteiger partial charge in [0.2, 0.25) is 0 Å². The number of nitrogens with zero attached hydrogens (tertiary/aromatic N) is 1. The van der Waals surface area contributed by atoms with E-state index in [1.54, 1.807) is 47.4 Å². The molecule has 0 aromatic heterocycles. The largest absolute Gasteiger partial charge is 0.336 e. The van der Waals surface area contributed by atoms with Crippen molar-refractivity contribution in [2.24, 2.45) is 0 Å². The van der Waals surface area contributed by atoms with Crippen LogP contribution in [0.15, 0.2) is 47.4 Å². The van der Waals surface area contributed by atoms with E-state index < -0.39 is 10.0 Å². The van der Waals surface area contributed by atoms with Gasteiger partial charge in [0.15, 0.2) is 0 Å². The molecule has 138 valence electrons. The van der Waals surface area contributed by atoms with Gasteiger partial charge in [-0.3, -0.25) is 9.52 Å². The zero-order valence-corrected chi connectivity index (χ0v) is 15.8. The summed E-state index contributed by atoms with van der Waals surface area (Å²) in [6, 6.07) is 11.6. The number of hydrogen-bond acceptors (Lipinski definition) is 4. The quantitative estimate of drug-likeness (QED) is 0.861. The maximum atomic E-state index is 12.5. The number of carbonyl (C=O) groups is 1. The molecule has 0 bridgehead atoms. The van der Waals surface area contributed by atoms with Crippen LogP contribution in [0.2, 0.25) is 0 Å². The molecule has 1 aliphatic heterocycles. The number of anilines is 1. The predicted molar refractivity (Wildman–Crippen MR) is 102 cm³/mol. The van der Waals surface area contributed by atoms with Crippen molar-refractivity contribution in [2.45, 2.75) is 18.7 Å². The Bertz CT molecular complexity index is 902. The zero-order chi connectivity index (χ0) is 18.7. The Morgan fingerprint density at radius 1 is 1.00 bits per heavy atom. The summed E-state index contributed by atoms with van der Waals surface area (Å²) in [5.41, 5.74) is 2.95. The van der Waals surface area contributed by atoms with Crippen molar-refractivity contribution in [1.82, 2.24) is 10.2 Å². The molecule has 0 unspecified atom stereocenters. The Labute approximate surface area is 154 Å². The van der Waals surface area contributed by atoms with Gasteiger partial charge in [0.25, 0.3) is 15.9 Å². The highest BCUT2D eigenvalue weighted by atomic mass is 32.2. The molecule has 1 fully saturated rings. The van der Waals surface area contributed by atoms with Gasteiger partial charge in [-0.05, 0) is 61.4 Å². The number of amides is 1. The fourth-order valence-electron chi connectivity index (χ4n) is 2.83. The van der Waals surface area contributed by atoms with E-state index in [0.29, 0.717) is 24.3 Å². The molecule has 0 saturated carbocycles. The van der Waals surface area contributed by atoms with E-state index in [2.05, 4.69) is 10.0 Å². The number of sulfonamides is 1. The van der Waals surface area contributed by atoms with Crippen LogP contribution in [0.4, 0.5) is 5.69 Å². The third-order valence-corrected chi connectivity index (χ3v) is 5.96. The Morgan fingerprint density at radius 2 is 1.65 bits per heavy atom. The normalized spacial score (nSPS) is 14.9. The summed E-state index contributed by atoms with van der Waals surface area (Å²) in [7, 11) is -3.66. The zero-order valence-electron chi connectivity index (χ0n) is 15.0. The van der Waals surface area contributed by atoms with Crippen molar-refractivity contribution in [3.05, 3.63) is 59.2 Å². The van der Waals surface area contributed by atoms with Crippen LogP contribution in [0.1, 0.15) is 21.5 Å². The summed E-state index contributed by atoms with van der Waals surface area (Å²) in [4.78, 5) is 14.5. The molecule has 0 spiro atoms. The molecule has 2 N–H and O–H groups in total. The summed E-state index contributed by atoms with van der Waals surface area (Å²) < 4.78 is 27.6. The van der Waals surface area contributed by atoms with E-state index >= 15 is 0 Å². The number of aryl methyl sites for hydroxylation is 2. The molecule has 2 aromatic carbocycles. The summed E-state index contributed by atoms with van der Waals surface area (Å²) in [6.45, 7) is 6.76. The van der Waals surface area contributed by atoms with Gasteiger partial charge in [-0.1, -0.05) is 6.07 Å². The summed E-state index contributed by atoms with van der Waals surface area (Å²) >= 11 is 0. The van der Waals surface area contributed by atoms with Crippen molar-refractivity contribution in [2.75, 3.05) is 30.9 Å². The summed E-state index contributed by atoms with van der Waals surface area (Å²) in [5.74, 6) is -0.0323. The van der Waals surface area contributed by atoms with Crippen molar-refractivity contribution >= 4 is 21.6 Å². The second kappa shape index (κ2) is 7.47. The van der Waals surface area contributed by atoms with E-state index in [-0.39, 0.29) is 10.8 Å². The summed E-state index contributed by atoms with van der Waals surface area (Å²) in [6.07, 6.45) is 0. The van der Waals surface area contributed by atoms with Gasteiger partial charge in [-0.25, -0.2) is 8.42 Å². The van der Waals surface area contributed by atoms with E-state index in [1.165, 1.54) is 0 Å². The predicted octanol–water partition coefficient (Wildman–Crippen LogP) is 2.15. The van der Waals surface area contributed by atoms with Gasteiger partial charge in [-0.15, -0.1) is 0 Å². The lowest BCUT2D eigenvalue weighted by molar-refractivity contribution is 0.0736. The molecule has 0 radical (unpaired) electrons. The van der Waals surface area contributed by atoms with Crippen LogP contribution >= 0.6 is 0 Å². The van der Waals surface area contributed by atoms with Crippen LogP contribution in [0.3, 0.4) is 0 Å². The second-order valence-corrected chi connectivity index (χ2v) is 8.15. The highest BCUT2D eigenvalue weighted by Gasteiger charge is 2.19. The molecule has 26 heavy (non-hydrogen) atoms. The molecular weight excluding hydrogens is 350 g/mol. The SMILES string of the molecule is Cc1ccc(S(=O)(=O)Nc2ccc(C(=O)N3CCNCC3)cc2)cc1C. The first-order valence-corrected chi connectivity index (χ1v) is 10.1. The lowest BCUT2D eigenvalue weighted by Gasteiger charge is -2.27. The number of hydrogen-bond donors (Lipinski definition) is 2. The van der Waals surface area contributed by atoms with E-state index in [1.807, 2.05) is 13.8 Å². The van der Waals surface area contributed by atoms with Crippen LogP contribution in [0.5, 0.6) is 0 Å². The number of benzene rings is 2. The highest BCUT2D eigenvalue weighted by Crippen LogP contribution is 2.19. The van der Waals surface area contributed by atoms with Gasteiger partial charge in [0.1, 0.15) is 0 Å². The first kappa shape index (κ1) is 18.4. The third kappa shape index (κ3) is 4.05. The van der Waals surface area contributed by atoms with Crippen LogP contribution < -0.4 is 10.0 Å². The van der Waals surface area contributed by atoms with E-state index in [0.717, 1.165) is 24.2 Å². The molecule has 1 aliphatic rings. The monoisotopic (exact) mass is 373 g/mol. The molecule has 3 rings (SSSR count). The van der Waals surface area contributed by atoms with Crippen molar-refractivity contribution in [3.63, 3.8) is 0 Å². The van der Waals surface area contributed by atoms with Crippen LogP contribution in [0, 0.1) is 13.8 Å². The molecule has 2 aromatic rings. The molecule has 6 nitrogen and oxygen atoms in total. The fourth-order valence-corrected chi connectivity index (χ4v) is 3.97. The van der Waals surface area contributed by atoms with Gasteiger partial charge < -0.3 is 10.2 Å². The highest BCUT2D eigenvalue weighted by molar-refractivity contribution is 7.92. The van der Waals surface area contributed by atoms with Crippen molar-refractivity contribution in [3.8, 4) is 0 Å². The van der Waals surface area contributed by atoms with Gasteiger partial charge in [-0.2, -0.15) is 0 Å². The fraction of sp³-hybridized carbons (Fsp3) is 0.316. The molecule has 1 saturated heterocycles. The maximum absolute atomic E-state index is 12.5.